The highest BCUT2D eigenvalue weighted by Crippen LogP contribution is 2.16. The smallest absolute Gasteiger partial charge is 0.329 e. The van der Waals surface area contributed by atoms with Crippen LogP contribution in [0.1, 0.15) is 0 Å². The van der Waals surface area contributed by atoms with Crippen molar-refractivity contribution in [1.29, 1.82) is 0 Å². The lowest BCUT2D eigenvalue weighted by molar-refractivity contribution is -0.384. The Balaban J connectivity index is 1.85. The second-order valence-electron chi connectivity index (χ2n) is 4.88. The molecule has 0 heterocycles. The van der Waals surface area contributed by atoms with Crippen molar-refractivity contribution in [2.24, 2.45) is 0 Å². The zero-order valence-electron chi connectivity index (χ0n) is 14.3. The number of carbonyl (C=O) groups is 1. The summed E-state index contributed by atoms with van der Waals surface area (Å²) < 4.78 is 26.0. The van der Waals surface area contributed by atoms with Gasteiger partial charge in [-0.25, -0.2) is 4.79 Å². The first-order valence-corrected chi connectivity index (χ1v) is 7.99. The molecule has 1 N–H and O–H groups in total. The van der Waals surface area contributed by atoms with Crippen LogP contribution in [0, 0.1) is 10.1 Å². The van der Waals surface area contributed by atoms with Crippen LogP contribution in [-0.2, 0) is 23.7 Å². The van der Waals surface area contributed by atoms with E-state index in [9.17, 15) is 14.9 Å². The molecular formula is C16H23NO9. The summed E-state index contributed by atoms with van der Waals surface area (Å²) >= 11 is 0. The monoisotopic (exact) mass is 373 g/mol. The first kappa shape index (κ1) is 21.8. The largest absolute Gasteiger partial charge is 0.491 e. The highest BCUT2D eigenvalue weighted by Gasteiger charge is 2.04. The van der Waals surface area contributed by atoms with E-state index in [1.807, 2.05) is 0 Å². The third kappa shape index (κ3) is 11.3. The molecular weight excluding hydrogens is 350 g/mol. The second kappa shape index (κ2) is 14.0. The molecule has 1 rings (SSSR count). The number of nitro benzene ring substituents is 1. The van der Waals surface area contributed by atoms with Crippen LogP contribution in [0.5, 0.6) is 5.75 Å². The van der Waals surface area contributed by atoms with E-state index in [-0.39, 0.29) is 18.9 Å². The predicted octanol–water partition coefficient (Wildman–Crippen LogP) is 1.12. The van der Waals surface area contributed by atoms with E-state index < -0.39 is 10.9 Å². The van der Waals surface area contributed by atoms with Crippen molar-refractivity contribution in [1.82, 2.24) is 0 Å². The Morgan fingerprint density at radius 2 is 1.31 bits per heavy atom. The lowest BCUT2D eigenvalue weighted by Crippen LogP contribution is -2.15. The Kier molecular flexibility index (Phi) is 11.7. The summed E-state index contributed by atoms with van der Waals surface area (Å²) in [6.45, 7) is 2.53. The van der Waals surface area contributed by atoms with Crippen molar-refractivity contribution in [2.45, 2.75) is 0 Å². The molecule has 0 radical (unpaired) electrons. The number of nitrogens with zero attached hydrogens (tertiary/aromatic N) is 1. The van der Waals surface area contributed by atoms with Crippen molar-refractivity contribution in [2.75, 3.05) is 59.5 Å². The van der Waals surface area contributed by atoms with Crippen molar-refractivity contribution in [3.63, 3.8) is 0 Å². The molecule has 0 aliphatic rings. The molecule has 0 amide bonds. The predicted molar refractivity (Wildman–Crippen MR) is 89.5 cm³/mol. The molecule has 0 saturated carbocycles. The van der Waals surface area contributed by atoms with Crippen LogP contribution in [0.4, 0.5) is 5.69 Å². The van der Waals surface area contributed by atoms with Gasteiger partial charge in [0.2, 0.25) is 0 Å². The van der Waals surface area contributed by atoms with E-state index in [1.54, 1.807) is 0 Å². The van der Waals surface area contributed by atoms with Crippen molar-refractivity contribution >= 4 is 11.7 Å². The fourth-order valence-corrected chi connectivity index (χ4v) is 1.70. The zero-order chi connectivity index (χ0) is 19.0. The van der Waals surface area contributed by atoms with Crippen LogP contribution < -0.4 is 4.74 Å². The van der Waals surface area contributed by atoms with Crippen LogP contribution in [0.3, 0.4) is 0 Å². The van der Waals surface area contributed by atoms with Gasteiger partial charge in [0.05, 0.1) is 51.2 Å². The fraction of sp³-hybridized carbons (Fsp3) is 0.562. The van der Waals surface area contributed by atoms with Crippen LogP contribution in [0.15, 0.2) is 24.3 Å². The summed E-state index contributed by atoms with van der Waals surface area (Å²) in [4.78, 5) is 20.2. The molecule has 1 aromatic rings. The molecule has 0 aromatic heterocycles. The number of carboxylic acid groups (broad SMARTS) is 1. The normalized spacial score (nSPS) is 10.6. The Morgan fingerprint density at radius 3 is 1.77 bits per heavy atom. The number of hydrogen-bond acceptors (Lipinski definition) is 8. The molecule has 0 saturated heterocycles. The first-order valence-electron chi connectivity index (χ1n) is 7.99. The zero-order valence-corrected chi connectivity index (χ0v) is 14.3. The molecule has 10 heteroatoms. The Labute approximate surface area is 150 Å². The third-order valence-corrected chi connectivity index (χ3v) is 2.89. The molecule has 0 aliphatic heterocycles. The quantitative estimate of drug-likeness (QED) is 0.258. The molecule has 146 valence electrons. The molecule has 0 aliphatic carbocycles. The number of carboxylic acids is 1. The van der Waals surface area contributed by atoms with Crippen LogP contribution in [0.2, 0.25) is 0 Å². The van der Waals surface area contributed by atoms with E-state index in [4.69, 9.17) is 28.8 Å². The standard InChI is InChI=1S/C16H23NO9/c18-16(19)13-25-10-9-23-6-5-22-7-8-24-11-12-26-15-3-1-14(2-4-15)17(20)21/h1-4H,5-13H2,(H,18,19). The highest BCUT2D eigenvalue weighted by atomic mass is 16.6. The van der Waals surface area contributed by atoms with Crippen molar-refractivity contribution in [3.05, 3.63) is 34.4 Å². The van der Waals surface area contributed by atoms with Crippen molar-refractivity contribution in [3.8, 4) is 5.75 Å². The van der Waals surface area contributed by atoms with Crippen LogP contribution in [-0.4, -0.2) is 75.5 Å². The molecule has 10 nitrogen and oxygen atoms in total. The number of ether oxygens (including phenoxy) is 5. The lowest BCUT2D eigenvalue weighted by atomic mass is 10.3. The average Bonchev–Trinajstić information content (AvgIpc) is 2.62. The number of aliphatic carboxylic acids is 1. The van der Waals surface area contributed by atoms with E-state index in [0.29, 0.717) is 52.0 Å². The number of hydrogen-bond donors (Lipinski definition) is 1. The molecule has 1 aromatic carbocycles. The Bertz CT molecular complexity index is 521. The summed E-state index contributed by atoms with van der Waals surface area (Å²) in [7, 11) is 0. The van der Waals surface area contributed by atoms with E-state index in [2.05, 4.69) is 0 Å². The number of non-ortho nitro benzene ring substituents is 1. The number of nitro groups is 1. The molecule has 0 spiro atoms. The number of benzene rings is 1. The Hall–Kier alpha value is -2.27. The molecule has 0 fully saturated rings. The van der Waals surface area contributed by atoms with Crippen molar-refractivity contribution < 1.29 is 38.5 Å². The summed E-state index contributed by atoms with van der Waals surface area (Å²) in [5.41, 5.74) is 0.0162. The fourth-order valence-electron chi connectivity index (χ4n) is 1.70. The van der Waals surface area contributed by atoms with Gasteiger partial charge in [-0.15, -0.1) is 0 Å². The average molecular weight is 373 g/mol. The Morgan fingerprint density at radius 1 is 0.846 bits per heavy atom. The van der Waals surface area contributed by atoms with Gasteiger partial charge in [0.15, 0.2) is 0 Å². The van der Waals surface area contributed by atoms with Gasteiger partial charge in [-0.05, 0) is 12.1 Å². The van der Waals surface area contributed by atoms with Gasteiger partial charge in [-0.3, -0.25) is 10.1 Å². The van der Waals surface area contributed by atoms with E-state index >= 15 is 0 Å². The molecule has 26 heavy (non-hydrogen) atoms. The lowest BCUT2D eigenvalue weighted by Gasteiger charge is -2.08. The minimum Gasteiger partial charge on any atom is -0.491 e. The molecule has 0 atom stereocenters. The van der Waals surface area contributed by atoms with Gasteiger partial charge >= 0.3 is 5.97 Å². The maximum atomic E-state index is 10.5. The van der Waals surface area contributed by atoms with Gasteiger partial charge < -0.3 is 28.8 Å². The number of rotatable bonds is 16. The first-order chi connectivity index (χ1) is 12.6. The maximum Gasteiger partial charge on any atom is 0.329 e. The molecule has 0 unspecified atom stereocenters. The van der Waals surface area contributed by atoms with Crippen LogP contribution >= 0.6 is 0 Å². The SMILES string of the molecule is O=C(O)COCCOCCOCCOCCOc1ccc([N+](=O)[O-])cc1. The van der Waals surface area contributed by atoms with Gasteiger partial charge in [0.25, 0.3) is 5.69 Å². The summed E-state index contributed by atoms with van der Waals surface area (Å²) in [5, 5.41) is 18.9. The highest BCUT2D eigenvalue weighted by molar-refractivity contribution is 5.67. The van der Waals surface area contributed by atoms with E-state index in [1.165, 1.54) is 24.3 Å². The van der Waals surface area contributed by atoms with E-state index in [0.717, 1.165) is 0 Å². The minimum absolute atomic E-state index is 0.0162. The summed E-state index contributed by atoms with van der Waals surface area (Å²) in [5.74, 6) is -0.466. The summed E-state index contributed by atoms with van der Waals surface area (Å²) in [6.07, 6.45) is 0. The second-order valence-corrected chi connectivity index (χ2v) is 4.88. The topological polar surface area (TPSA) is 127 Å². The summed E-state index contributed by atoms with van der Waals surface area (Å²) in [6, 6.07) is 5.83. The van der Waals surface area contributed by atoms with Gasteiger partial charge in [-0.2, -0.15) is 0 Å². The maximum absolute atomic E-state index is 10.5. The molecule has 0 bridgehead atoms. The van der Waals surface area contributed by atoms with Gasteiger partial charge in [0.1, 0.15) is 19.0 Å². The van der Waals surface area contributed by atoms with Gasteiger partial charge in [0, 0.05) is 12.1 Å². The van der Waals surface area contributed by atoms with Crippen LogP contribution in [0.25, 0.3) is 0 Å². The third-order valence-electron chi connectivity index (χ3n) is 2.89. The minimum atomic E-state index is -1.01. The van der Waals surface area contributed by atoms with Gasteiger partial charge in [-0.1, -0.05) is 0 Å².